The highest BCUT2D eigenvalue weighted by atomic mass is 16.7. The van der Waals surface area contributed by atoms with E-state index in [0.717, 1.165) is 6.08 Å². The molecule has 0 aromatic heterocycles. The fraction of sp³-hybridized carbons (Fsp3) is 0.312. The number of carbonyl (C=O) groups excluding carboxylic acids is 3. The van der Waals surface area contributed by atoms with E-state index in [1.807, 2.05) is 0 Å². The van der Waals surface area contributed by atoms with Gasteiger partial charge in [-0.3, -0.25) is 4.79 Å². The standard InChI is InChI=1S/C16H18O7/c1-3-15(18)20-10-4-5-11-21-16(19)23-14-8-6-13(7-9-14)22-12(2)17/h3,6-9H,1,4-5,10-11H2,2H3. The van der Waals surface area contributed by atoms with Crippen LogP contribution < -0.4 is 9.47 Å². The van der Waals surface area contributed by atoms with E-state index in [4.69, 9.17) is 18.9 Å². The smallest absolute Gasteiger partial charge is 0.463 e. The van der Waals surface area contributed by atoms with Gasteiger partial charge < -0.3 is 18.9 Å². The van der Waals surface area contributed by atoms with Crippen molar-refractivity contribution < 1.29 is 33.3 Å². The van der Waals surface area contributed by atoms with Gasteiger partial charge >= 0.3 is 18.1 Å². The molecule has 7 heteroatoms. The van der Waals surface area contributed by atoms with Gasteiger partial charge in [-0.2, -0.15) is 0 Å². The van der Waals surface area contributed by atoms with E-state index in [-0.39, 0.29) is 19.0 Å². The normalized spacial score (nSPS) is 9.61. The van der Waals surface area contributed by atoms with Crippen LogP contribution in [0.2, 0.25) is 0 Å². The van der Waals surface area contributed by atoms with Gasteiger partial charge in [-0.1, -0.05) is 6.58 Å². The Labute approximate surface area is 133 Å². The second-order valence-corrected chi connectivity index (χ2v) is 4.34. The average molecular weight is 322 g/mol. The molecule has 0 fully saturated rings. The van der Waals surface area contributed by atoms with Gasteiger partial charge in [-0.25, -0.2) is 9.59 Å². The van der Waals surface area contributed by atoms with E-state index < -0.39 is 18.1 Å². The van der Waals surface area contributed by atoms with Crippen LogP contribution in [0, 0.1) is 0 Å². The summed E-state index contributed by atoms with van der Waals surface area (Å²) in [5, 5.41) is 0. The summed E-state index contributed by atoms with van der Waals surface area (Å²) in [6, 6.07) is 5.96. The topological polar surface area (TPSA) is 88.1 Å². The zero-order valence-electron chi connectivity index (χ0n) is 12.8. The maximum atomic E-state index is 11.4. The van der Waals surface area contributed by atoms with Crippen LogP contribution in [-0.4, -0.2) is 31.3 Å². The molecule has 1 aromatic rings. The molecule has 0 spiro atoms. The zero-order valence-corrected chi connectivity index (χ0v) is 12.8. The number of esters is 2. The molecule has 0 saturated carbocycles. The lowest BCUT2D eigenvalue weighted by Gasteiger charge is -2.07. The number of hydrogen-bond acceptors (Lipinski definition) is 7. The lowest BCUT2D eigenvalue weighted by atomic mass is 10.3. The van der Waals surface area contributed by atoms with Crippen molar-refractivity contribution in [1.29, 1.82) is 0 Å². The molecule has 0 bridgehead atoms. The number of carbonyl (C=O) groups is 3. The predicted octanol–water partition coefficient (Wildman–Crippen LogP) is 2.64. The summed E-state index contributed by atoms with van der Waals surface area (Å²) >= 11 is 0. The quantitative estimate of drug-likeness (QED) is 0.239. The number of ether oxygens (including phenoxy) is 4. The van der Waals surface area contributed by atoms with Crippen molar-refractivity contribution >= 4 is 18.1 Å². The Morgan fingerprint density at radius 1 is 0.957 bits per heavy atom. The van der Waals surface area contributed by atoms with E-state index in [0.29, 0.717) is 18.6 Å². The lowest BCUT2D eigenvalue weighted by Crippen LogP contribution is -2.12. The molecule has 7 nitrogen and oxygen atoms in total. The lowest BCUT2D eigenvalue weighted by molar-refractivity contribution is -0.138. The van der Waals surface area contributed by atoms with Gasteiger partial charge in [0, 0.05) is 13.0 Å². The van der Waals surface area contributed by atoms with Crippen LogP contribution in [0.5, 0.6) is 11.5 Å². The van der Waals surface area contributed by atoms with Crippen molar-refractivity contribution in [3.63, 3.8) is 0 Å². The van der Waals surface area contributed by atoms with Gasteiger partial charge in [-0.05, 0) is 37.1 Å². The SMILES string of the molecule is C=CC(=O)OCCCCOC(=O)Oc1ccc(OC(C)=O)cc1. The van der Waals surface area contributed by atoms with Gasteiger partial charge in [-0.15, -0.1) is 0 Å². The molecule has 0 N–H and O–H groups in total. The first-order valence-corrected chi connectivity index (χ1v) is 6.93. The molecule has 23 heavy (non-hydrogen) atoms. The number of benzene rings is 1. The fourth-order valence-corrected chi connectivity index (χ4v) is 1.46. The van der Waals surface area contributed by atoms with Crippen LogP contribution >= 0.6 is 0 Å². The van der Waals surface area contributed by atoms with Gasteiger partial charge in [0.15, 0.2) is 0 Å². The molecule has 0 aliphatic carbocycles. The molecule has 0 aliphatic rings. The molecule has 0 radical (unpaired) electrons. The van der Waals surface area contributed by atoms with E-state index in [1.54, 1.807) is 0 Å². The Morgan fingerprint density at radius 2 is 1.48 bits per heavy atom. The van der Waals surface area contributed by atoms with Gasteiger partial charge in [0.2, 0.25) is 0 Å². The van der Waals surface area contributed by atoms with E-state index in [9.17, 15) is 14.4 Å². The molecule has 0 unspecified atom stereocenters. The summed E-state index contributed by atoms with van der Waals surface area (Å²) in [7, 11) is 0. The highest BCUT2D eigenvalue weighted by Crippen LogP contribution is 2.18. The predicted molar refractivity (Wildman–Crippen MR) is 80.1 cm³/mol. The maximum Gasteiger partial charge on any atom is 0.513 e. The van der Waals surface area contributed by atoms with Crippen molar-refractivity contribution in [1.82, 2.24) is 0 Å². The van der Waals surface area contributed by atoms with Crippen LogP contribution in [0.15, 0.2) is 36.9 Å². The molecule has 0 heterocycles. The van der Waals surface area contributed by atoms with Crippen LogP contribution in [0.1, 0.15) is 19.8 Å². The van der Waals surface area contributed by atoms with Crippen LogP contribution in [0.4, 0.5) is 4.79 Å². The fourth-order valence-electron chi connectivity index (χ4n) is 1.46. The van der Waals surface area contributed by atoms with Crippen molar-refractivity contribution in [2.75, 3.05) is 13.2 Å². The van der Waals surface area contributed by atoms with Gasteiger partial charge in [0.25, 0.3) is 0 Å². The molecule has 0 aliphatic heterocycles. The molecule has 1 aromatic carbocycles. The Balaban J connectivity index is 2.19. The van der Waals surface area contributed by atoms with Crippen molar-refractivity contribution in [2.45, 2.75) is 19.8 Å². The Kier molecular flexibility index (Phi) is 7.91. The summed E-state index contributed by atoms with van der Waals surface area (Å²) < 4.78 is 19.4. The highest BCUT2D eigenvalue weighted by molar-refractivity contribution is 5.81. The third-order valence-corrected chi connectivity index (χ3v) is 2.46. The van der Waals surface area contributed by atoms with E-state index in [1.165, 1.54) is 31.2 Å². The Hall–Kier alpha value is -2.83. The molecule has 0 saturated heterocycles. The summed E-state index contributed by atoms with van der Waals surface area (Å²) in [4.78, 5) is 33.0. The molecule has 124 valence electrons. The third-order valence-electron chi connectivity index (χ3n) is 2.46. The van der Waals surface area contributed by atoms with Crippen molar-refractivity contribution in [2.24, 2.45) is 0 Å². The highest BCUT2D eigenvalue weighted by Gasteiger charge is 2.07. The maximum absolute atomic E-state index is 11.4. The van der Waals surface area contributed by atoms with E-state index in [2.05, 4.69) is 6.58 Å². The molecule has 1 rings (SSSR count). The van der Waals surface area contributed by atoms with Gasteiger partial charge in [0.1, 0.15) is 11.5 Å². The average Bonchev–Trinajstić information content (AvgIpc) is 2.51. The monoisotopic (exact) mass is 322 g/mol. The number of unbranched alkanes of at least 4 members (excludes halogenated alkanes) is 1. The largest absolute Gasteiger partial charge is 0.513 e. The minimum absolute atomic E-state index is 0.149. The second kappa shape index (κ2) is 9.99. The molecular weight excluding hydrogens is 304 g/mol. The van der Waals surface area contributed by atoms with Gasteiger partial charge in [0.05, 0.1) is 13.2 Å². The number of rotatable bonds is 8. The minimum Gasteiger partial charge on any atom is -0.463 e. The first-order chi connectivity index (χ1) is 11.0. The first kappa shape index (κ1) is 18.2. The summed E-state index contributed by atoms with van der Waals surface area (Å²) in [6.07, 6.45) is 1.34. The molecular formula is C16H18O7. The summed E-state index contributed by atoms with van der Waals surface area (Å²) in [6.45, 7) is 4.95. The van der Waals surface area contributed by atoms with Crippen LogP contribution in [-0.2, 0) is 19.1 Å². The van der Waals surface area contributed by atoms with Crippen molar-refractivity contribution in [3.05, 3.63) is 36.9 Å². The summed E-state index contributed by atoms with van der Waals surface area (Å²) in [5.74, 6) is -0.294. The van der Waals surface area contributed by atoms with Crippen LogP contribution in [0.25, 0.3) is 0 Å². The minimum atomic E-state index is -0.840. The molecule has 0 atom stereocenters. The van der Waals surface area contributed by atoms with Crippen molar-refractivity contribution in [3.8, 4) is 11.5 Å². The molecule has 0 amide bonds. The van der Waals surface area contributed by atoms with E-state index >= 15 is 0 Å². The first-order valence-electron chi connectivity index (χ1n) is 6.93. The zero-order chi connectivity index (χ0) is 17.1. The number of hydrogen-bond donors (Lipinski definition) is 0. The summed E-state index contributed by atoms with van der Waals surface area (Å²) in [5.41, 5.74) is 0. The van der Waals surface area contributed by atoms with Crippen LogP contribution in [0.3, 0.4) is 0 Å². The Morgan fingerprint density at radius 3 is 2.00 bits per heavy atom. The second-order valence-electron chi connectivity index (χ2n) is 4.34. The Bertz CT molecular complexity index is 548. The third kappa shape index (κ3) is 8.25.